The van der Waals surface area contributed by atoms with Gasteiger partial charge in [0.2, 0.25) is 5.91 Å². The van der Waals surface area contributed by atoms with Crippen molar-refractivity contribution in [2.75, 3.05) is 0 Å². The molecular weight excluding hydrogens is 261 g/mol. The summed E-state index contributed by atoms with van der Waals surface area (Å²) in [4.78, 5) is 12.6. The number of carbonyl (C=O) groups is 1. The number of halogens is 1. The predicted octanol–water partition coefficient (Wildman–Crippen LogP) is 3.94. The van der Waals surface area contributed by atoms with Crippen LogP contribution in [0.5, 0.6) is 0 Å². The Bertz CT molecular complexity index is 418. The number of rotatable bonds is 3. The maximum Gasteiger partial charge on any atom is 0.238 e. The van der Waals surface area contributed by atoms with Crippen LogP contribution < -0.4 is 0 Å². The summed E-state index contributed by atoms with van der Waals surface area (Å²) in [5, 5.41) is 0. The zero-order valence-corrected chi connectivity index (χ0v) is 14.0. The molecule has 0 heterocycles. The topological polar surface area (TPSA) is 20.3 Å². The molecule has 0 aliphatic rings. The fourth-order valence-corrected chi connectivity index (χ4v) is 11.9. The third-order valence-corrected chi connectivity index (χ3v) is 9.75. The number of carbonyl (C=O) groups excluding carboxylic acids is 1. The Morgan fingerprint density at radius 1 is 0.944 bits per heavy atom. The largest absolute Gasteiger partial charge is 0.392 e. The number of nitrogens with zero attached hydrogens (tertiary/aromatic N) is 1. The van der Waals surface area contributed by atoms with Gasteiger partial charge in [0.1, 0.15) is 22.3 Å². The maximum absolute atomic E-state index is 12.9. The molecule has 1 aromatic carbocycles. The molecular formula is C13H22FNOSi2. The fraction of sp³-hybridized carbons (Fsp3) is 0.462. The number of amides is 1. The first-order valence-electron chi connectivity index (χ1n) is 6.14. The SMILES string of the molecule is C[Si](C)(C)N(C(=O)c1ccc(F)cc1)[Si](C)(C)C. The molecule has 0 saturated carbocycles. The molecule has 0 saturated heterocycles. The summed E-state index contributed by atoms with van der Waals surface area (Å²) in [5.41, 5.74) is 0.584. The molecule has 5 heteroatoms. The second kappa shape index (κ2) is 4.97. The standard InChI is InChI=1S/C13H22FNOSi2/c1-17(2,3)15(18(4,5)6)13(16)11-7-9-12(14)10-8-11/h7-10H,1-6H3. The third-order valence-electron chi connectivity index (χ3n) is 2.64. The van der Waals surface area contributed by atoms with E-state index in [1.54, 1.807) is 12.1 Å². The quantitative estimate of drug-likeness (QED) is 0.770. The Balaban J connectivity index is 3.16. The molecule has 0 radical (unpaired) electrons. The van der Waals surface area contributed by atoms with Crippen molar-refractivity contribution in [3.8, 4) is 0 Å². The number of hydrogen-bond acceptors (Lipinski definition) is 1. The molecule has 0 N–H and O–H groups in total. The van der Waals surface area contributed by atoms with Crippen LogP contribution in [0.3, 0.4) is 0 Å². The van der Waals surface area contributed by atoms with Gasteiger partial charge in [-0.25, -0.2) is 4.39 Å². The molecule has 2 nitrogen and oxygen atoms in total. The Kier molecular flexibility index (Phi) is 4.17. The monoisotopic (exact) mass is 283 g/mol. The van der Waals surface area contributed by atoms with Crippen LogP contribution in [0.25, 0.3) is 0 Å². The zero-order valence-electron chi connectivity index (χ0n) is 12.0. The second-order valence-corrected chi connectivity index (χ2v) is 16.5. The molecule has 0 aliphatic heterocycles. The Morgan fingerprint density at radius 3 is 1.67 bits per heavy atom. The van der Waals surface area contributed by atoms with Crippen LogP contribution in [0.15, 0.2) is 24.3 Å². The van der Waals surface area contributed by atoms with Gasteiger partial charge in [-0.15, -0.1) is 0 Å². The minimum atomic E-state index is -1.73. The fourth-order valence-electron chi connectivity index (χ4n) is 2.34. The van der Waals surface area contributed by atoms with Crippen LogP contribution in [-0.4, -0.2) is 26.6 Å². The van der Waals surface area contributed by atoms with Gasteiger partial charge < -0.3 is 4.23 Å². The highest BCUT2D eigenvalue weighted by atomic mass is 28.4. The first-order chi connectivity index (χ1) is 8.03. The Morgan fingerprint density at radius 2 is 1.33 bits per heavy atom. The summed E-state index contributed by atoms with van der Waals surface area (Å²) < 4.78 is 15.0. The van der Waals surface area contributed by atoms with Crippen molar-refractivity contribution in [2.24, 2.45) is 0 Å². The van der Waals surface area contributed by atoms with Crippen molar-refractivity contribution in [1.82, 2.24) is 4.23 Å². The van der Waals surface area contributed by atoms with Crippen molar-refractivity contribution in [3.63, 3.8) is 0 Å². The molecule has 100 valence electrons. The molecule has 0 aromatic heterocycles. The Hall–Kier alpha value is -0.946. The van der Waals surface area contributed by atoms with Gasteiger partial charge in [0.15, 0.2) is 0 Å². The lowest BCUT2D eigenvalue weighted by atomic mass is 10.2. The molecule has 1 rings (SSSR count). The van der Waals surface area contributed by atoms with Gasteiger partial charge >= 0.3 is 0 Å². The van der Waals surface area contributed by atoms with Crippen LogP contribution in [0, 0.1) is 5.82 Å². The average Bonchev–Trinajstić information content (AvgIpc) is 2.13. The molecule has 0 aliphatic carbocycles. The summed E-state index contributed by atoms with van der Waals surface area (Å²) in [6.07, 6.45) is 0. The smallest absolute Gasteiger partial charge is 0.238 e. The van der Waals surface area contributed by atoms with Crippen molar-refractivity contribution >= 4 is 22.4 Å². The first kappa shape index (κ1) is 15.1. The average molecular weight is 283 g/mol. The van der Waals surface area contributed by atoms with E-state index in [4.69, 9.17) is 0 Å². The second-order valence-electron chi connectivity index (χ2n) is 6.49. The van der Waals surface area contributed by atoms with E-state index in [9.17, 15) is 9.18 Å². The lowest BCUT2D eigenvalue weighted by Crippen LogP contribution is -2.61. The van der Waals surface area contributed by atoms with Gasteiger partial charge in [-0.2, -0.15) is 0 Å². The summed E-state index contributed by atoms with van der Waals surface area (Å²) in [5.74, 6) is -0.257. The van der Waals surface area contributed by atoms with Gasteiger partial charge in [0, 0.05) is 5.56 Å². The highest BCUT2D eigenvalue weighted by Gasteiger charge is 2.38. The van der Waals surface area contributed by atoms with Crippen LogP contribution in [0.4, 0.5) is 4.39 Å². The van der Waals surface area contributed by atoms with E-state index < -0.39 is 16.5 Å². The molecule has 0 fully saturated rings. The summed E-state index contributed by atoms with van der Waals surface area (Å²) in [6.45, 7) is 13.0. The van der Waals surface area contributed by atoms with Crippen LogP contribution in [0.2, 0.25) is 39.3 Å². The number of hydrogen-bond donors (Lipinski definition) is 0. The highest BCUT2D eigenvalue weighted by Crippen LogP contribution is 2.22. The minimum Gasteiger partial charge on any atom is -0.392 e. The van der Waals surface area contributed by atoms with E-state index in [-0.39, 0.29) is 11.7 Å². The summed E-state index contributed by atoms with van der Waals surface area (Å²) in [6, 6.07) is 5.84. The zero-order chi connectivity index (χ0) is 14.1. The van der Waals surface area contributed by atoms with Crippen LogP contribution in [-0.2, 0) is 0 Å². The van der Waals surface area contributed by atoms with Gasteiger partial charge in [-0.05, 0) is 24.3 Å². The lowest BCUT2D eigenvalue weighted by molar-refractivity contribution is 0.0908. The van der Waals surface area contributed by atoms with Crippen LogP contribution in [0.1, 0.15) is 10.4 Å². The van der Waals surface area contributed by atoms with E-state index in [0.717, 1.165) is 0 Å². The molecule has 0 unspecified atom stereocenters. The molecule has 0 bridgehead atoms. The Labute approximate surface area is 111 Å². The van der Waals surface area contributed by atoms with Gasteiger partial charge in [0.25, 0.3) is 0 Å². The van der Waals surface area contributed by atoms with E-state index in [1.165, 1.54) is 12.1 Å². The van der Waals surface area contributed by atoms with E-state index in [0.29, 0.717) is 5.56 Å². The van der Waals surface area contributed by atoms with Gasteiger partial charge in [0.05, 0.1) is 0 Å². The maximum atomic E-state index is 12.9. The first-order valence-corrected chi connectivity index (χ1v) is 13.0. The van der Waals surface area contributed by atoms with E-state index >= 15 is 0 Å². The molecule has 18 heavy (non-hydrogen) atoms. The van der Waals surface area contributed by atoms with Crippen LogP contribution >= 0.6 is 0 Å². The lowest BCUT2D eigenvalue weighted by Gasteiger charge is -2.43. The third kappa shape index (κ3) is 3.52. The predicted molar refractivity (Wildman–Crippen MR) is 79.3 cm³/mol. The molecule has 0 atom stereocenters. The minimum absolute atomic E-state index is 0.0494. The normalized spacial score (nSPS) is 12.4. The van der Waals surface area contributed by atoms with Crippen molar-refractivity contribution in [2.45, 2.75) is 39.3 Å². The summed E-state index contributed by atoms with van der Waals surface area (Å²) >= 11 is 0. The van der Waals surface area contributed by atoms with Crippen molar-refractivity contribution in [3.05, 3.63) is 35.6 Å². The van der Waals surface area contributed by atoms with Gasteiger partial charge in [-0.3, -0.25) is 4.79 Å². The van der Waals surface area contributed by atoms with E-state index in [2.05, 4.69) is 43.5 Å². The van der Waals surface area contributed by atoms with Gasteiger partial charge in [-0.1, -0.05) is 39.3 Å². The molecule has 0 spiro atoms. The number of benzene rings is 1. The highest BCUT2D eigenvalue weighted by molar-refractivity contribution is 6.92. The van der Waals surface area contributed by atoms with Crippen molar-refractivity contribution in [1.29, 1.82) is 0 Å². The summed E-state index contributed by atoms with van der Waals surface area (Å²) in [7, 11) is -3.46. The molecule has 1 aromatic rings. The van der Waals surface area contributed by atoms with E-state index in [1.807, 2.05) is 0 Å². The molecule has 1 amide bonds. The van der Waals surface area contributed by atoms with Crippen molar-refractivity contribution < 1.29 is 9.18 Å².